The molecule has 1 rings (SSSR count). The highest BCUT2D eigenvalue weighted by Gasteiger charge is 2.37. The van der Waals surface area contributed by atoms with Gasteiger partial charge in [-0.05, 0) is 25.7 Å². The third-order valence-corrected chi connectivity index (χ3v) is 4.43. The second-order valence-corrected chi connectivity index (χ2v) is 5.82. The molecule has 18 heavy (non-hydrogen) atoms. The number of carbonyl (C=O) groups excluding carboxylic acids is 1. The standard InChI is InChI=1S/C14H28N2O2/c1-11(9-17)12(2)16-13(18)14(10-15)7-5-3-4-6-8-14/h11-12,17H,3-10,15H2,1-2H3,(H,16,18). The third kappa shape index (κ3) is 3.69. The van der Waals surface area contributed by atoms with Crippen LogP contribution in [0.5, 0.6) is 0 Å². The SMILES string of the molecule is CC(CO)C(C)NC(=O)C1(CN)CCCCCC1. The Hall–Kier alpha value is -0.610. The van der Waals surface area contributed by atoms with Crippen LogP contribution in [0.1, 0.15) is 52.4 Å². The maximum absolute atomic E-state index is 12.5. The molecular weight excluding hydrogens is 228 g/mol. The van der Waals surface area contributed by atoms with Gasteiger partial charge in [0.25, 0.3) is 0 Å². The van der Waals surface area contributed by atoms with E-state index in [1.165, 1.54) is 12.8 Å². The largest absolute Gasteiger partial charge is 0.396 e. The summed E-state index contributed by atoms with van der Waals surface area (Å²) in [5, 5.41) is 12.2. The van der Waals surface area contributed by atoms with Crippen LogP contribution >= 0.6 is 0 Å². The minimum atomic E-state index is -0.375. The highest BCUT2D eigenvalue weighted by atomic mass is 16.3. The molecule has 2 unspecified atom stereocenters. The van der Waals surface area contributed by atoms with Crippen molar-refractivity contribution in [2.75, 3.05) is 13.2 Å². The summed E-state index contributed by atoms with van der Waals surface area (Å²) < 4.78 is 0. The number of hydrogen-bond donors (Lipinski definition) is 3. The van der Waals surface area contributed by atoms with Crippen LogP contribution in [0.15, 0.2) is 0 Å². The zero-order chi connectivity index (χ0) is 13.6. The minimum absolute atomic E-state index is 0.00539. The van der Waals surface area contributed by atoms with Crippen molar-refractivity contribution in [3.8, 4) is 0 Å². The monoisotopic (exact) mass is 256 g/mol. The van der Waals surface area contributed by atoms with Crippen molar-refractivity contribution in [2.24, 2.45) is 17.1 Å². The molecule has 4 N–H and O–H groups in total. The minimum Gasteiger partial charge on any atom is -0.396 e. The summed E-state index contributed by atoms with van der Waals surface area (Å²) in [5.74, 6) is 0.161. The molecule has 1 amide bonds. The fourth-order valence-electron chi connectivity index (χ4n) is 2.59. The molecule has 0 saturated heterocycles. The van der Waals surface area contributed by atoms with Crippen molar-refractivity contribution in [2.45, 2.75) is 58.4 Å². The number of nitrogens with two attached hydrogens (primary N) is 1. The van der Waals surface area contributed by atoms with Gasteiger partial charge in [0.1, 0.15) is 0 Å². The predicted molar refractivity (Wildman–Crippen MR) is 73.0 cm³/mol. The Labute approximate surface area is 110 Å². The lowest BCUT2D eigenvalue weighted by Gasteiger charge is -2.32. The smallest absolute Gasteiger partial charge is 0.227 e. The maximum Gasteiger partial charge on any atom is 0.227 e. The van der Waals surface area contributed by atoms with Gasteiger partial charge in [-0.3, -0.25) is 4.79 Å². The molecule has 0 aromatic heterocycles. The van der Waals surface area contributed by atoms with Crippen molar-refractivity contribution in [1.82, 2.24) is 5.32 Å². The van der Waals surface area contributed by atoms with Crippen LogP contribution in [0.2, 0.25) is 0 Å². The molecule has 1 aliphatic carbocycles. The number of rotatable bonds is 5. The Balaban J connectivity index is 2.65. The summed E-state index contributed by atoms with van der Waals surface area (Å²) in [6.07, 6.45) is 6.39. The van der Waals surface area contributed by atoms with Gasteiger partial charge in [0.05, 0.1) is 5.41 Å². The lowest BCUT2D eigenvalue weighted by molar-refractivity contribution is -0.132. The molecule has 0 aromatic rings. The molecule has 4 heteroatoms. The van der Waals surface area contributed by atoms with Gasteiger partial charge in [-0.15, -0.1) is 0 Å². The summed E-state index contributed by atoms with van der Waals surface area (Å²) in [6.45, 7) is 4.41. The summed E-state index contributed by atoms with van der Waals surface area (Å²) >= 11 is 0. The van der Waals surface area contributed by atoms with Gasteiger partial charge < -0.3 is 16.2 Å². The molecule has 106 valence electrons. The van der Waals surface area contributed by atoms with Crippen molar-refractivity contribution < 1.29 is 9.90 Å². The van der Waals surface area contributed by atoms with E-state index in [9.17, 15) is 4.79 Å². The number of hydrogen-bond acceptors (Lipinski definition) is 3. The van der Waals surface area contributed by atoms with Gasteiger partial charge in [-0.1, -0.05) is 32.6 Å². The van der Waals surface area contributed by atoms with E-state index in [2.05, 4.69) is 5.32 Å². The molecule has 0 heterocycles. The second kappa shape index (κ2) is 7.10. The van der Waals surface area contributed by atoms with E-state index in [4.69, 9.17) is 10.8 Å². The van der Waals surface area contributed by atoms with E-state index >= 15 is 0 Å². The van der Waals surface area contributed by atoms with Crippen LogP contribution in [0, 0.1) is 11.3 Å². The topological polar surface area (TPSA) is 75.3 Å². The normalized spacial score (nSPS) is 22.9. The first-order valence-electron chi connectivity index (χ1n) is 7.17. The number of aliphatic hydroxyl groups is 1. The Morgan fingerprint density at radius 2 is 1.83 bits per heavy atom. The molecule has 1 aliphatic rings. The number of carbonyl (C=O) groups is 1. The van der Waals surface area contributed by atoms with E-state index in [-0.39, 0.29) is 29.9 Å². The summed E-state index contributed by atoms with van der Waals surface area (Å²) in [4.78, 5) is 12.5. The van der Waals surface area contributed by atoms with Crippen molar-refractivity contribution in [3.63, 3.8) is 0 Å². The van der Waals surface area contributed by atoms with Crippen LogP contribution in [0.25, 0.3) is 0 Å². The average Bonchev–Trinajstić information content (AvgIpc) is 2.63. The fraction of sp³-hybridized carbons (Fsp3) is 0.929. The fourth-order valence-corrected chi connectivity index (χ4v) is 2.59. The van der Waals surface area contributed by atoms with Crippen LogP contribution < -0.4 is 11.1 Å². The Bertz CT molecular complexity index is 261. The molecule has 1 saturated carbocycles. The van der Waals surface area contributed by atoms with Gasteiger partial charge in [0.2, 0.25) is 5.91 Å². The molecular formula is C14H28N2O2. The quantitative estimate of drug-likeness (QED) is 0.651. The van der Waals surface area contributed by atoms with Crippen LogP contribution in [-0.2, 0) is 4.79 Å². The average molecular weight is 256 g/mol. The van der Waals surface area contributed by atoms with Gasteiger partial charge in [-0.25, -0.2) is 0 Å². The lowest BCUT2D eigenvalue weighted by atomic mass is 9.79. The lowest BCUT2D eigenvalue weighted by Crippen LogP contribution is -2.50. The van der Waals surface area contributed by atoms with Crippen molar-refractivity contribution in [1.29, 1.82) is 0 Å². The molecule has 4 nitrogen and oxygen atoms in total. The highest BCUT2D eigenvalue weighted by molar-refractivity contribution is 5.83. The van der Waals surface area contributed by atoms with Gasteiger partial charge >= 0.3 is 0 Å². The number of amides is 1. The van der Waals surface area contributed by atoms with Crippen LogP contribution in [-0.4, -0.2) is 30.2 Å². The zero-order valence-electron chi connectivity index (χ0n) is 11.7. The Morgan fingerprint density at radius 1 is 1.28 bits per heavy atom. The van der Waals surface area contributed by atoms with Gasteiger partial charge in [0.15, 0.2) is 0 Å². The maximum atomic E-state index is 12.5. The highest BCUT2D eigenvalue weighted by Crippen LogP contribution is 2.34. The Morgan fingerprint density at radius 3 is 2.28 bits per heavy atom. The first kappa shape index (κ1) is 15.4. The first-order chi connectivity index (χ1) is 8.55. The second-order valence-electron chi connectivity index (χ2n) is 5.82. The molecule has 0 bridgehead atoms. The van der Waals surface area contributed by atoms with E-state index in [0.717, 1.165) is 25.7 Å². The van der Waals surface area contributed by atoms with Gasteiger partial charge in [-0.2, -0.15) is 0 Å². The van der Waals surface area contributed by atoms with E-state index in [0.29, 0.717) is 6.54 Å². The first-order valence-corrected chi connectivity index (χ1v) is 7.17. The van der Waals surface area contributed by atoms with Crippen molar-refractivity contribution in [3.05, 3.63) is 0 Å². The van der Waals surface area contributed by atoms with E-state index in [1.807, 2.05) is 13.8 Å². The predicted octanol–water partition coefficient (Wildman–Crippen LogP) is 1.42. The molecule has 1 fully saturated rings. The van der Waals surface area contributed by atoms with E-state index in [1.54, 1.807) is 0 Å². The number of aliphatic hydroxyl groups excluding tert-OH is 1. The Kier molecular flexibility index (Phi) is 6.09. The molecule has 2 atom stereocenters. The summed E-state index contributed by atoms with van der Waals surface area (Å²) in [7, 11) is 0. The van der Waals surface area contributed by atoms with E-state index < -0.39 is 0 Å². The summed E-state index contributed by atoms with van der Waals surface area (Å²) in [6, 6.07) is -0.00539. The van der Waals surface area contributed by atoms with Crippen LogP contribution in [0.4, 0.5) is 0 Å². The molecule has 0 radical (unpaired) electrons. The summed E-state index contributed by atoms with van der Waals surface area (Å²) in [5.41, 5.74) is 5.51. The zero-order valence-corrected chi connectivity index (χ0v) is 11.7. The number of nitrogens with one attached hydrogen (secondary N) is 1. The molecule has 0 aliphatic heterocycles. The van der Waals surface area contributed by atoms with Crippen molar-refractivity contribution >= 4 is 5.91 Å². The molecule has 0 spiro atoms. The van der Waals surface area contributed by atoms with Crippen LogP contribution in [0.3, 0.4) is 0 Å². The third-order valence-electron chi connectivity index (χ3n) is 4.43. The molecule has 0 aromatic carbocycles. The van der Waals surface area contributed by atoms with Gasteiger partial charge in [0, 0.05) is 19.2 Å².